The van der Waals surface area contributed by atoms with Crippen molar-refractivity contribution < 1.29 is 19.4 Å². The van der Waals surface area contributed by atoms with Crippen molar-refractivity contribution in [2.75, 3.05) is 13.7 Å². The first kappa shape index (κ1) is 20.8. The van der Waals surface area contributed by atoms with Crippen LogP contribution in [0.5, 0.6) is 0 Å². The van der Waals surface area contributed by atoms with E-state index in [4.69, 9.17) is 4.74 Å². The van der Waals surface area contributed by atoms with Crippen LogP contribution >= 0.6 is 0 Å². The highest BCUT2D eigenvalue weighted by molar-refractivity contribution is 5.84. The Balaban J connectivity index is 1.32. The first-order chi connectivity index (χ1) is 16.0. The molecular weight excluding hydrogens is 418 g/mol. The molecule has 1 atom stereocenters. The zero-order chi connectivity index (χ0) is 22.9. The third-order valence-electron chi connectivity index (χ3n) is 6.33. The lowest BCUT2D eigenvalue weighted by Gasteiger charge is -2.25. The normalized spacial score (nSPS) is 13.4. The molecule has 1 aliphatic carbocycles. The number of aromatic nitrogens is 2. The summed E-state index contributed by atoms with van der Waals surface area (Å²) in [6, 6.07) is 18.8. The molecule has 0 saturated heterocycles. The van der Waals surface area contributed by atoms with E-state index >= 15 is 0 Å². The Morgan fingerprint density at radius 1 is 1.06 bits per heavy atom. The van der Waals surface area contributed by atoms with Crippen LogP contribution in [-0.4, -0.2) is 51.7 Å². The molecule has 0 unspecified atom stereocenters. The van der Waals surface area contributed by atoms with Gasteiger partial charge in [-0.3, -0.25) is 4.90 Å². The Morgan fingerprint density at radius 3 is 2.39 bits per heavy atom. The number of carbonyl (C=O) groups excluding carboxylic acids is 1. The van der Waals surface area contributed by atoms with Crippen molar-refractivity contribution in [2.45, 2.75) is 18.4 Å². The highest BCUT2D eigenvalue weighted by Crippen LogP contribution is 2.44. The number of carbonyl (C=O) groups is 2. The Bertz CT molecular complexity index is 1300. The number of amides is 1. The molecule has 2 aromatic heterocycles. The summed E-state index contributed by atoms with van der Waals surface area (Å²) >= 11 is 0. The molecular formula is C26H23N3O4. The summed E-state index contributed by atoms with van der Waals surface area (Å²) in [5.74, 6) is -1.18. The smallest absolute Gasteiger partial charge is 0.410 e. The van der Waals surface area contributed by atoms with Crippen LogP contribution in [0.25, 0.3) is 22.2 Å². The van der Waals surface area contributed by atoms with Crippen LogP contribution in [0.1, 0.15) is 22.6 Å². The van der Waals surface area contributed by atoms with Gasteiger partial charge in [-0.2, -0.15) is 0 Å². The predicted molar refractivity (Wildman–Crippen MR) is 124 cm³/mol. The molecule has 5 rings (SSSR count). The van der Waals surface area contributed by atoms with Gasteiger partial charge in [0.1, 0.15) is 18.3 Å². The van der Waals surface area contributed by atoms with Gasteiger partial charge in [0.25, 0.3) is 0 Å². The van der Waals surface area contributed by atoms with Crippen molar-refractivity contribution in [3.63, 3.8) is 0 Å². The average Bonchev–Trinajstić information content (AvgIpc) is 3.39. The number of fused-ring (bicyclic) bond motifs is 4. The van der Waals surface area contributed by atoms with E-state index in [0.29, 0.717) is 5.65 Å². The van der Waals surface area contributed by atoms with E-state index in [9.17, 15) is 14.7 Å². The number of hydrogen-bond acceptors (Lipinski definition) is 4. The molecule has 0 bridgehead atoms. The molecule has 0 fully saturated rings. The molecule has 0 saturated carbocycles. The molecule has 2 heterocycles. The van der Waals surface area contributed by atoms with Crippen LogP contribution in [0.2, 0.25) is 0 Å². The fourth-order valence-corrected chi connectivity index (χ4v) is 4.60. The van der Waals surface area contributed by atoms with Crippen LogP contribution in [0, 0.1) is 0 Å². The van der Waals surface area contributed by atoms with Gasteiger partial charge in [0, 0.05) is 37.2 Å². The number of benzene rings is 2. The van der Waals surface area contributed by atoms with Crippen molar-refractivity contribution in [3.8, 4) is 11.1 Å². The second-order valence-electron chi connectivity index (χ2n) is 8.19. The largest absolute Gasteiger partial charge is 0.480 e. The number of nitrogens with zero attached hydrogens (tertiary/aromatic N) is 2. The van der Waals surface area contributed by atoms with Gasteiger partial charge in [-0.1, -0.05) is 48.5 Å². The second kappa shape index (κ2) is 8.43. The van der Waals surface area contributed by atoms with E-state index in [1.54, 1.807) is 18.5 Å². The van der Waals surface area contributed by atoms with E-state index in [0.717, 1.165) is 38.1 Å². The lowest BCUT2D eigenvalue weighted by atomic mass is 9.98. The molecule has 0 aliphatic heterocycles. The number of nitrogens with one attached hydrogen (secondary N) is 1. The van der Waals surface area contributed by atoms with Gasteiger partial charge in [0.05, 0.1) is 0 Å². The molecule has 0 spiro atoms. The summed E-state index contributed by atoms with van der Waals surface area (Å²) in [6.07, 6.45) is 2.88. The third kappa shape index (κ3) is 3.71. The van der Waals surface area contributed by atoms with Gasteiger partial charge in [-0.15, -0.1) is 0 Å². The highest BCUT2D eigenvalue weighted by atomic mass is 16.6. The van der Waals surface area contributed by atoms with Gasteiger partial charge in [0.2, 0.25) is 0 Å². The monoisotopic (exact) mass is 441 g/mol. The van der Waals surface area contributed by atoms with E-state index in [1.807, 2.05) is 42.5 Å². The first-order valence-corrected chi connectivity index (χ1v) is 10.8. The fraction of sp³-hybridized carbons (Fsp3) is 0.192. The number of carboxylic acid groups (broad SMARTS) is 1. The fourth-order valence-electron chi connectivity index (χ4n) is 4.60. The number of pyridine rings is 1. The number of aromatic amines is 1. The van der Waals surface area contributed by atoms with E-state index < -0.39 is 18.1 Å². The topological polar surface area (TPSA) is 95.5 Å². The van der Waals surface area contributed by atoms with E-state index in [-0.39, 0.29) is 18.9 Å². The predicted octanol–water partition coefficient (Wildman–Crippen LogP) is 4.44. The zero-order valence-electron chi connectivity index (χ0n) is 18.1. The van der Waals surface area contributed by atoms with Gasteiger partial charge < -0.3 is 14.8 Å². The minimum Gasteiger partial charge on any atom is -0.480 e. The Hall–Kier alpha value is -4.13. The summed E-state index contributed by atoms with van der Waals surface area (Å²) in [7, 11) is 1.46. The summed E-state index contributed by atoms with van der Waals surface area (Å²) in [4.78, 5) is 33.3. The first-order valence-electron chi connectivity index (χ1n) is 10.8. The number of ether oxygens (including phenoxy) is 1. The molecule has 7 heteroatoms. The number of hydrogen-bond donors (Lipinski definition) is 2. The maximum atomic E-state index is 12.9. The molecule has 0 radical (unpaired) electrons. The lowest BCUT2D eigenvalue weighted by molar-refractivity contribution is -0.142. The van der Waals surface area contributed by atoms with Crippen LogP contribution in [0.4, 0.5) is 4.79 Å². The third-order valence-corrected chi connectivity index (χ3v) is 6.33. The molecule has 1 aliphatic rings. The van der Waals surface area contributed by atoms with Gasteiger partial charge >= 0.3 is 12.1 Å². The van der Waals surface area contributed by atoms with E-state index in [2.05, 4.69) is 22.1 Å². The average molecular weight is 441 g/mol. The summed E-state index contributed by atoms with van der Waals surface area (Å²) in [5, 5.41) is 10.7. The molecule has 2 aromatic carbocycles. The SMILES string of the molecule is CN(C(=O)OCC1c2ccccc2-c2ccccc21)[C@@H](Cc1c[nH]c2ncccc12)C(=O)O. The van der Waals surface area contributed by atoms with Crippen LogP contribution in [0.15, 0.2) is 73.1 Å². The molecule has 166 valence electrons. The van der Waals surface area contributed by atoms with Crippen LogP contribution in [-0.2, 0) is 16.0 Å². The Labute approximate surface area is 190 Å². The van der Waals surface area contributed by atoms with Gasteiger partial charge in [-0.25, -0.2) is 14.6 Å². The van der Waals surface area contributed by atoms with Crippen molar-refractivity contribution in [2.24, 2.45) is 0 Å². The standard InChI is InChI=1S/C26H23N3O4/c1-29(23(25(30)31)13-16-14-28-24-17(16)11-6-12-27-24)26(32)33-15-22-20-9-4-2-7-18(20)19-8-3-5-10-21(19)22/h2-12,14,22-23H,13,15H2,1H3,(H,27,28)(H,30,31)/t23-/m0/s1. The highest BCUT2D eigenvalue weighted by Gasteiger charge is 2.32. The van der Waals surface area contributed by atoms with Crippen molar-refractivity contribution in [1.29, 1.82) is 0 Å². The number of carboxylic acids is 1. The Morgan fingerprint density at radius 2 is 1.73 bits per heavy atom. The van der Waals surface area contributed by atoms with Crippen molar-refractivity contribution in [3.05, 3.63) is 89.7 Å². The van der Waals surface area contributed by atoms with Crippen molar-refractivity contribution >= 4 is 23.1 Å². The summed E-state index contributed by atoms with van der Waals surface area (Å²) in [5.41, 5.74) is 5.95. The minimum atomic E-state index is -1.09. The molecule has 1 amide bonds. The number of aliphatic carboxylic acids is 1. The summed E-state index contributed by atoms with van der Waals surface area (Å²) in [6.45, 7) is 0.139. The van der Waals surface area contributed by atoms with E-state index in [1.165, 1.54) is 7.05 Å². The minimum absolute atomic E-state index is 0.0854. The van der Waals surface area contributed by atoms with Crippen LogP contribution in [0.3, 0.4) is 0 Å². The van der Waals surface area contributed by atoms with Gasteiger partial charge in [-0.05, 0) is 39.9 Å². The van der Waals surface area contributed by atoms with Gasteiger partial charge in [0.15, 0.2) is 0 Å². The molecule has 7 nitrogen and oxygen atoms in total. The lowest BCUT2D eigenvalue weighted by Crippen LogP contribution is -2.44. The number of H-pyrrole nitrogens is 1. The second-order valence-corrected chi connectivity index (χ2v) is 8.19. The zero-order valence-corrected chi connectivity index (χ0v) is 18.1. The number of likely N-dealkylation sites (N-methyl/N-ethyl adjacent to an activating group) is 1. The maximum Gasteiger partial charge on any atom is 0.410 e. The molecule has 33 heavy (non-hydrogen) atoms. The summed E-state index contributed by atoms with van der Waals surface area (Å²) < 4.78 is 5.64. The van der Waals surface area contributed by atoms with Crippen LogP contribution < -0.4 is 0 Å². The quantitative estimate of drug-likeness (QED) is 0.461. The molecule has 4 aromatic rings. The Kier molecular flexibility index (Phi) is 5.30. The molecule has 2 N–H and O–H groups in total. The number of rotatable bonds is 6. The van der Waals surface area contributed by atoms with Crippen molar-refractivity contribution in [1.82, 2.24) is 14.9 Å². The maximum absolute atomic E-state index is 12.9.